The highest BCUT2D eigenvalue weighted by Gasteiger charge is 2.39. The van der Waals surface area contributed by atoms with Gasteiger partial charge < -0.3 is 9.64 Å². The molecular formula is C22H28F3NO2. The van der Waals surface area contributed by atoms with E-state index in [2.05, 4.69) is 4.90 Å². The molecule has 3 fully saturated rings. The molecular weight excluding hydrogens is 367 g/mol. The molecule has 2 atom stereocenters. The Morgan fingerprint density at radius 1 is 1.11 bits per heavy atom. The van der Waals surface area contributed by atoms with E-state index in [0.29, 0.717) is 29.5 Å². The number of halogens is 3. The van der Waals surface area contributed by atoms with Crippen LogP contribution in [0.4, 0.5) is 13.2 Å². The van der Waals surface area contributed by atoms with Crippen LogP contribution in [0.25, 0.3) is 0 Å². The lowest BCUT2D eigenvalue weighted by Crippen LogP contribution is -2.36. The Morgan fingerprint density at radius 2 is 1.82 bits per heavy atom. The third-order valence-corrected chi connectivity index (χ3v) is 6.65. The topological polar surface area (TPSA) is 29.5 Å². The summed E-state index contributed by atoms with van der Waals surface area (Å²) in [5.74, 6) is 0.374. The van der Waals surface area contributed by atoms with Crippen molar-refractivity contribution in [1.29, 1.82) is 0 Å². The van der Waals surface area contributed by atoms with E-state index in [1.807, 2.05) is 0 Å². The summed E-state index contributed by atoms with van der Waals surface area (Å²) in [5.41, 5.74) is 0.205. The number of alkyl halides is 3. The molecule has 154 valence electrons. The summed E-state index contributed by atoms with van der Waals surface area (Å²) in [7, 11) is 1.35. The summed E-state index contributed by atoms with van der Waals surface area (Å²) >= 11 is 0. The first-order valence-corrected chi connectivity index (χ1v) is 10.4. The number of ether oxygens (including phenoxy) is 1. The molecule has 3 nitrogen and oxygen atoms in total. The van der Waals surface area contributed by atoms with Crippen molar-refractivity contribution in [3.8, 4) is 5.75 Å². The fourth-order valence-electron chi connectivity index (χ4n) is 5.13. The lowest BCUT2D eigenvalue weighted by Gasteiger charge is -2.29. The molecule has 0 aromatic heterocycles. The van der Waals surface area contributed by atoms with Crippen molar-refractivity contribution in [2.75, 3.05) is 20.2 Å². The number of carbonyl (C=O) groups is 1. The Kier molecular flexibility index (Phi) is 5.43. The molecule has 4 rings (SSSR count). The number of likely N-dealkylation sites (tertiary alicyclic amines) is 1. The fraction of sp³-hybridized carbons (Fsp3) is 0.682. The second-order valence-electron chi connectivity index (χ2n) is 8.54. The van der Waals surface area contributed by atoms with Gasteiger partial charge in [0.1, 0.15) is 5.75 Å². The molecule has 1 aromatic rings. The van der Waals surface area contributed by atoms with Crippen LogP contribution in [0.15, 0.2) is 12.1 Å². The third kappa shape index (κ3) is 3.93. The van der Waals surface area contributed by atoms with Crippen molar-refractivity contribution in [1.82, 2.24) is 4.90 Å². The standard InChI is InChI=1S/C22H28F3NO2/c1-28-20-13-16(22(23,24)25)12-17(14-7-8-14)21(20)19(27)11-15-5-4-6-18(15)26-9-2-3-10-26/h12-15,18H,2-11H2,1H3/t15-,18-/m1/s1. The van der Waals surface area contributed by atoms with Crippen LogP contribution in [-0.2, 0) is 6.18 Å². The monoisotopic (exact) mass is 395 g/mol. The quantitative estimate of drug-likeness (QED) is 0.602. The smallest absolute Gasteiger partial charge is 0.416 e. The molecule has 1 heterocycles. The number of hydrogen-bond donors (Lipinski definition) is 0. The van der Waals surface area contributed by atoms with Crippen LogP contribution in [0.5, 0.6) is 5.75 Å². The molecule has 0 amide bonds. The Hall–Kier alpha value is -1.56. The summed E-state index contributed by atoms with van der Waals surface area (Å²) in [6.45, 7) is 2.21. The molecule has 1 aliphatic heterocycles. The van der Waals surface area contributed by atoms with Gasteiger partial charge in [-0.2, -0.15) is 13.2 Å². The highest BCUT2D eigenvalue weighted by atomic mass is 19.4. The number of ketones is 1. The van der Waals surface area contributed by atoms with Crippen molar-refractivity contribution < 1.29 is 22.7 Å². The van der Waals surface area contributed by atoms with Gasteiger partial charge in [-0.3, -0.25) is 4.79 Å². The summed E-state index contributed by atoms with van der Waals surface area (Å²) in [6.07, 6.45) is 3.35. The van der Waals surface area contributed by atoms with Crippen molar-refractivity contribution in [2.24, 2.45) is 5.92 Å². The van der Waals surface area contributed by atoms with E-state index < -0.39 is 11.7 Å². The summed E-state index contributed by atoms with van der Waals surface area (Å²) in [4.78, 5) is 15.8. The maximum absolute atomic E-state index is 13.3. The lowest BCUT2D eigenvalue weighted by molar-refractivity contribution is -0.137. The minimum atomic E-state index is -4.44. The number of carbonyl (C=O) groups excluding carboxylic acids is 1. The summed E-state index contributed by atoms with van der Waals surface area (Å²) in [5, 5.41) is 0. The average Bonchev–Trinajstić information content (AvgIpc) is 3.16. The van der Waals surface area contributed by atoms with E-state index in [1.54, 1.807) is 0 Å². The summed E-state index contributed by atoms with van der Waals surface area (Å²) in [6, 6.07) is 2.61. The van der Waals surface area contributed by atoms with Crippen molar-refractivity contribution in [3.63, 3.8) is 0 Å². The first kappa shape index (κ1) is 19.7. The third-order valence-electron chi connectivity index (χ3n) is 6.65. The maximum atomic E-state index is 13.3. The fourth-order valence-corrected chi connectivity index (χ4v) is 5.13. The van der Waals surface area contributed by atoms with Gasteiger partial charge in [-0.25, -0.2) is 0 Å². The first-order chi connectivity index (χ1) is 13.4. The Morgan fingerprint density at radius 3 is 2.43 bits per heavy atom. The van der Waals surface area contributed by atoms with Gasteiger partial charge in [-0.15, -0.1) is 0 Å². The minimum absolute atomic E-state index is 0.0492. The number of rotatable bonds is 6. The molecule has 0 N–H and O–H groups in total. The molecule has 1 aromatic carbocycles. The Balaban J connectivity index is 1.61. The highest BCUT2D eigenvalue weighted by molar-refractivity contribution is 6.00. The largest absolute Gasteiger partial charge is 0.496 e. The molecule has 6 heteroatoms. The van der Waals surface area contributed by atoms with E-state index in [-0.39, 0.29) is 17.5 Å². The van der Waals surface area contributed by atoms with Gasteiger partial charge in [-0.1, -0.05) is 6.42 Å². The Bertz CT molecular complexity index is 736. The van der Waals surface area contributed by atoms with E-state index in [1.165, 1.54) is 26.0 Å². The average molecular weight is 395 g/mol. The molecule has 0 radical (unpaired) electrons. The molecule has 0 unspecified atom stereocenters. The number of Topliss-reactive ketones (excluding diaryl/α,β-unsaturated/α-hetero) is 1. The van der Waals surface area contributed by atoms with Gasteiger partial charge in [0.2, 0.25) is 0 Å². The number of benzene rings is 1. The maximum Gasteiger partial charge on any atom is 0.416 e. The number of methoxy groups -OCH3 is 1. The van der Waals surface area contributed by atoms with Crippen LogP contribution in [0.3, 0.4) is 0 Å². The van der Waals surface area contributed by atoms with Gasteiger partial charge in [0.15, 0.2) is 5.78 Å². The molecule has 2 aliphatic carbocycles. The minimum Gasteiger partial charge on any atom is -0.496 e. The number of nitrogens with zero attached hydrogens (tertiary/aromatic N) is 1. The predicted octanol–water partition coefficient (Wildman–Crippen LogP) is 5.43. The van der Waals surface area contributed by atoms with Gasteiger partial charge in [0.25, 0.3) is 0 Å². The van der Waals surface area contributed by atoms with Crippen molar-refractivity contribution in [3.05, 3.63) is 28.8 Å². The van der Waals surface area contributed by atoms with Gasteiger partial charge >= 0.3 is 6.18 Å². The van der Waals surface area contributed by atoms with Crippen LogP contribution >= 0.6 is 0 Å². The normalized spacial score (nSPS) is 26.0. The SMILES string of the molecule is COc1cc(C(F)(F)F)cc(C2CC2)c1C(=O)C[C@H]1CCC[C@H]1N1CCCC1. The Labute approximate surface area is 164 Å². The van der Waals surface area contributed by atoms with Gasteiger partial charge in [0.05, 0.1) is 18.2 Å². The molecule has 28 heavy (non-hydrogen) atoms. The number of hydrogen-bond acceptors (Lipinski definition) is 3. The summed E-state index contributed by atoms with van der Waals surface area (Å²) < 4.78 is 45.2. The van der Waals surface area contributed by atoms with Crippen LogP contribution < -0.4 is 4.74 Å². The van der Waals surface area contributed by atoms with Crippen LogP contribution in [0.2, 0.25) is 0 Å². The molecule has 3 aliphatic rings. The van der Waals surface area contributed by atoms with Crippen molar-refractivity contribution in [2.45, 2.75) is 69.5 Å². The van der Waals surface area contributed by atoms with E-state index in [0.717, 1.165) is 51.3 Å². The van der Waals surface area contributed by atoms with Crippen molar-refractivity contribution >= 4 is 5.78 Å². The predicted molar refractivity (Wildman–Crippen MR) is 101 cm³/mol. The van der Waals surface area contributed by atoms with E-state index in [9.17, 15) is 18.0 Å². The first-order valence-electron chi connectivity index (χ1n) is 10.4. The van der Waals surface area contributed by atoms with Gasteiger partial charge in [0, 0.05) is 12.5 Å². The highest BCUT2D eigenvalue weighted by Crippen LogP contribution is 2.47. The van der Waals surface area contributed by atoms with Crippen LogP contribution in [-0.4, -0.2) is 36.9 Å². The molecule has 1 saturated heterocycles. The molecule has 0 bridgehead atoms. The molecule has 0 spiro atoms. The zero-order chi connectivity index (χ0) is 19.9. The lowest BCUT2D eigenvalue weighted by atomic mass is 9.89. The van der Waals surface area contributed by atoms with E-state index >= 15 is 0 Å². The van der Waals surface area contributed by atoms with E-state index in [4.69, 9.17) is 4.74 Å². The van der Waals surface area contributed by atoms with Crippen LogP contribution in [0.1, 0.15) is 78.8 Å². The second kappa shape index (κ2) is 7.69. The van der Waals surface area contributed by atoms with Crippen LogP contribution in [0, 0.1) is 5.92 Å². The molecule has 2 saturated carbocycles. The second-order valence-corrected chi connectivity index (χ2v) is 8.54. The zero-order valence-electron chi connectivity index (χ0n) is 16.4. The van der Waals surface area contributed by atoms with Gasteiger partial charge in [-0.05, 0) is 81.1 Å². The zero-order valence-corrected chi connectivity index (χ0v) is 16.4.